The van der Waals surface area contributed by atoms with E-state index in [2.05, 4.69) is 10.2 Å². The SMILES string of the molecule is O=C(Cc1ccc(F)cc1)NC(CCN1CC2CN(C(=O)c3c(F)cccc3Cl)CC2C1)c1ccccc1. The van der Waals surface area contributed by atoms with Crippen LogP contribution in [0.1, 0.15) is 33.9 Å². The van der Waals surface area contributed by atoms with E-state index in [-0.39, 0.29) is 40.7 Å². The summed E-state index contributed by atoms with van der Waals surface area (Å²) < 4.78 is 27.5. The van der Waals surface area contributed by atoms with Gasteiger partial charge in [0.15, 0.2) is 0 Å². The smallest absolute Gasteiger partial charge is 0.258 e. The number of benzene rings is 3. The van der Waals surface area contributed by atoms with E-state index in [1.54, 1.807) is 17.0 Å². The number of hydrogen-bond donors (Lipinski definition) is 1. The van der Waals surface area contributed by atoms with Crippen LogP contribution in [-0.4, -0.2) is 54.3 Å². The Bertz CT molecular complexity index is 1250. The van der Waals surface area contributed by atoms with Crippen LogP contribution in [0.5, 0.6) is 0 Å². The van der Waals surface area contributed by atoms with Gasteiger partial charge in [0, 0.05) is 32.7 Å². The van der Waals surface area contributed by atoms with E-state index < -0.39 is 5.82 Å². The van der Waals surface area contributed by atoms with Crippen molar-refractivity contribution in [2.24, 2.45) is 11.8 Å². The molecule has 2 saturated heterocycles. The highest BCUT2D eigenvalue weighted by atomic mass is 35.5. The second kappa shape index (κ2) is 11.6. The highest BCUT2D eigenvalue weighted by Crippen LogP contribution is 2.33. The van der Waals surface area contributed by atoms with Crippen LogP contribution in [0.25, 0.3) is 0 Å². The number of carbonyl (C=O) groups is 2. The second-order valence-electron chi connectivity index (χ2n) is 10.2. The first-order chi connectivity index (χ1) is 18.4. The molecule has 0 saturated carbocycles. The van der Waals surface area contributed by atoms with Crippen molar-refractivity contribution in [1.29, 1.82) is 0 Å². The number of hydrogen-bond acceptors (Lipinski definition) is 3. The van der Waals surface area contributed by atoms with Crippen molar-refractivity contribution in [2.45, 2.75) is 18.9 Å². The minimum atomic E-state index is -0.588. The molecule has 3 atom stereocenters. The predicted octanol–water partition coefficient (Wildman–Crippen LogP) is 5.11. The van der Waals surface area contributed by atoms with Gasteiger partial charge in [-0.1, -0.05) is 60.1 Å². The second-order valence-corrected chi connectivity index (χ2v) is 10.6. The van der Waals surface area contributed by atoms with Crippen LogP contribution in [-0.2, 0) is 11.2 Å². The fraction of sp³-hybridized carbons (Fsp3) is 0.333. The Labute approximate surface area is 226 Å². The summed E-state index contributed by atoms with van der Waals surface area (Å²) in [5, 5.41) is 3.30. The Morgan fingerprint density at radius 3 is 2.24 bits per heavy atom. The molecule has 2 aliphatic rings. The van der Waals surface area contributed by atoms with Crippen LogP contribution in [0, 0.1) is 23.5 Å². The lowest BCUT2D eigenvalue weighted by Crippen LogP contribution is -2.36. The number of nitrogens with one attached hydrogen (secondary N) is 1. The lowest BCUT2D eigenvalue weighted by atomic mass is 10.0. The van der Waals surface area contributed by atoms with Gasteiger partial charge in [0.25, 0.3) is 5.91 Å². The zero-order chi connectivity index (χ0) is 26.6. The van der Waals surface area contributed by atoms with E-state index >= 15 is 0 Å². The first kappa shape index (κ1) is 26.3. The van der Waals surface area contributed by atoms with Gasteiger partial charge in [-0.15, -0.1) is 0 Å². The maximum atomic E-state index is 14.3. The van der Waals surface area contributed by atoms with Crippen LogP contribution >= 0.6 is 11.6 Å². The van der Waals surface area contributed by atoms with Gasteiger partial charge in [-0.3, -0.25) is 9.59 Å². The standard InChI is InChI=1S/C30H30ClF2N3O2/c31-25-7-4-8-26(33)29(25)30(38)36-18-22-16-35(17-23(22)19-36)14-13-27(21-5-2-1-3-6-21)34-28(37)15-20-9-11-24(32)12-10-20/h1-12,22-23,27H,13-19H2,(H,34,37). The molecule has 0 aromatic heterocycles. The van der Waals surface area contributed by atoms with Gasteiger partial charge >= 0.3 is 0 Å². The third-order valence-electron chi connectivity index (χ3n) is 7.57. The summed E-state index contributed by atoms with van der Waals surface area (Å²) >= 11 is 6.11. The van der Waals surface area contributed by atoms with E-state index in [1.807, 2.05) is 30.3 Å². The number of fused-ring (bicyclic) bond motifs is 1. The topological polar surface area (TPSA) is 52.7 Å². The van der Waals surface area contributed by atoms with Gasteiger partial charge in [-0.25, -0.2) is 8.78 Å². The van der Waals surface area contributed by atoms with E-state index in [1.165, 1.54) is 30.3 Å². The van der Waals surface area contributed by atoms with Crippen LogP contribution in [0.2, 0.25) is 5.02 Å². The first-order valence-corrected chi connectivity index (χ1v) is 13.3. The van der Waals surface area contributed by atoms with Gasteiger partial charge < -0.3 is 15.1 Å². The van der Waals surface area contributed by atoms with Crippen LogP contribution in [0.3, 0.4) is 0 Å². The van der Waals surface area contributed by atoms with E-state index in [0.717, 1.165) is 37.2 Å². The number of likely N-dealkylation sites (tertiary alicyclic amines) is 2. The summed E-state index contributed by atoms with van der Waals surface area (Å²) in [6.45, 7) is 3.67. The molecule has 5 nitrogen and oxygen atoms in total. The van der Waals surface area contributed by atoms with Crippen LogP contribution in [0.15, 0.2) is 72.8 Å². The van der Waals surface area contributed by atoms with E-state index in [9.17, 15) is 18.4 Å². The van der Waals surface area contributed by atoms with Gasteiger partial charge in [-0.05, 0) is 53.6 Å². The number of amides is 2. The zero-order valence-electron chi connectivity index (χ0n) is 21.0. The highest BCUT2D eigenvalue weighted by molar-refractivity contribution is 6.33. The fourth-order valence-electron chi connectivity index (χ4n) is 5.65. The van der Waals surface area contributed by atoms with Crippen molar-refractivity contribution >= 4 is 23.4 Å². The molecule has 0 bridgehead atoms. The molecule has 3 aromatic rings. The van der Waals surface area contributed by atoms with Crippen LogP contribution < -0.4 is 5.32 Å². The van der Waals surface area contributed by atoms with Gasteiger partial charge in [-0.2, -0.15) is 0 Å². The molecule has 8 heteroatoms. The molecule has 5 rings (SSSR count). The summed E-state index contributed by atoms with van der Waals surface area (Å²) in [6, 6.07) is 20.0. The molecule has 38 heavy (non-hydrogen) atoms. The minimum Gasteiger partial charge on any atom is -0.349 e. The molecule has 2 heterocycles. The Hall–Kier alpha value is -3.29. The monoisotopic (exact) mass is 537 g/mol. The molecule has 2 amide bonds. The summed E-state index contributed by atoms with van der Waals surface area (Å²) in [5.41, 5.74) is 1.75. The lowest BCUT2D eigenvalue weighted by molar-refractivity contribution is -0.121. The normalized spacial score (nSPS) is 19.8. The molecular formula is C30H30ClF2N3O2. The molecule has 198 valence electrons. The molecule has 0 radical (unpaired) electrons. The van der Waals surface area contributed by atoms with Crippen molar-refractivity contribution in [3.05, 3.63) is 106 Å². The molecule has 2 fully saturated rings. The molecular weight excluding hydrogens is 508 g/mol. The number of carbonyl (C=O) groups excluding carboxylic acids is 2. The maximum Gasteiger partial charge on any atom is 0.258 e. The average Bonchev–Trinajstić information content (AvgIpc) is 3.47. The van der Waals surface area contributed by atoms with Gasteiger partial charge in [0.2, 0.25) is 5.91 Å². The number of halogens is 3. The molecule has 3 unspecified atom stereocenters. The largest absolute Gasteiger partial charge is 0.349 e. The zero-order valence-corrected chi connectivity index (χ0v) is 21.7. The van der Waals surface area contributed by atoms with Crippen molar-refractivity contribution in [2.75, 3.05) is 32.7 Å². The quantitative estimate of drug-likeness (QED) is 0.434. The molecule has 3 aromatic carbocycles. The summed E-state index contributed by atoms with van der Waals surface area (Å²) in [4.78, 5) is 29.9. The maximum absolute atomic E-state index is 14.3. The van der Waals surface area contributed by atoms with Crippen LogP contribution in [0.4, 0.5) is 8.78 Å². The Balaban J connectivity index is 1.16. The fourth-order valence-corrected chi connectivity index (χ4v) is 5.89. The summed E-state index contributed by atoms with van der Waals surface area (Å²) in [6.07, 6.45) is 0.930. The third-order valence-corrected chi connectivity index (χ3v) is 7.89. The summed E-state index contributed by atoms with van der Waals surface area (Å²) in [7, 11) is 0. The van der Waals surface area contributed by atoms with Crippen molar-refractivity contribution in [3.63, 3.8) is 0 Å². The Morgan fingerprint density at radius 1 is 0.895 bits per heavy atom. The molecule has 2 aliphatic heterocycles. The lowest BCUT2D eigenvalue weighted by Gasteiger charge is -2.25. The van der Waals surface area contributed by atoms with Gasteiger partial charge in [0.1, 0.15) is 11.6 Å². The average molecular weight is 538 g/mol. The number of nitrogens with zero attached hydrogens (tertiary/aromatic N) is 2. The van der Waals surface area contributed by atoms with Gasteiger partial charge in [0.05, 0.1) is 23.0 Å². The van der Waals surface area contributed by atoms with Crippen molar-refractivity contribution in [3.8, 4) is 0 Å². The van der Waals surface area contributed by atoms with E-state index in [0.29, 0.717) is 24.9 Å². The molecule has 0 aliphatic carbocycles. The number of rotatable bonds is 8. The molecule has 0 spiro atoms. The minimum absolute atomic E-state index is 0.0481. The molecule has 1 N–H and O–H groups in total. The van der Waals surface area contributed by atoms with Crippen molar-refractivity contribution in [1.82, 2.24) is 15.1 Å². The highest BCUT2D eigenvalue weighted by Gasteiger charge is 2.42. The van der Waals surface area contributed by atoms with E-state index in [4.69, 9.17) is 11.6 Å². The first-order valence-electron chi connectivity index (χ1n) is 12.9. The summed E-state index contributed by atoms with van der Waals surface area (Å²) in [5.74, 6) is -0.711. The van der Waals surface area contributed by atoms with Crippen molar-refractivity contribution < 1.29 is 18.4 Å². The third kappa shape index (κ3) is 6.05. The predicted molar refractivity (Wildman–Crippen MR) is 143 cm³/mol. The Kier molecular flexibility index (Phi) is 8.05. The Morgan fingerprint density at radius 2 is 1.58 bits per heavy atom.